The maximum atomic E-state index is 8.38. The summed E-state index contributed by atoms with van der Waals surface area (Å²) in [4.78, 5) is 3.82. The number of hydrogen-bond donors (Lipinski definition) is 2. The van der Waals surface area contributed by atoms with Crippen LogP contribution >= 0.6 is 11.3 Å². The van der Waals surface area contributed by atoms with Crippen molar-refractivity contribution >= 4 is 17.2 Å². The van der Waals surface area contributed by atoms with Crippen LogP contribution in [0.2, 0.25) is 0 Å². The van der Waals surface area contributed by atoms with Crippen molar-refractivity contribution in [2.75, 3.05) is 0 Å². The smallest absolute Gasteiger partial charge is 0.234 e. The van der Waals surface area contributed by atoms with Crippen molar-refractivity contribution in [1.29, 1.82) is 0 Å². The normalized spacial score (nSPS) is 11.9. The van der Waals surface area contributed by atoms with Crippen LogP contribution in [0.4, 0.5) is 0 Å². The van der Waals surface area contributed by atoms with Gasteiger partial charge < -0.3 is 10.9 Å². The predicted octanol–water partition coefficient (Wildman–Crippen LogP) is -0.787. The molecule has 0 saturated carbocycles. The molecule has 0 aliphatic rings. The lowest BCUT2D eigenvalue weighted by Gasteiger charge is -1.90. The van der Waals surface area contributed by atoms with Crippen molar-refractivity contribution in [2.24, 2.45) is 10.9 Å². The van der Waals surface area contributed by atoms with Crippen LogP contribution in [0.5, 0.6) is 0 Å². The highest BCUT2D eigenvalue weighted by Crippen LogP contribution is 2.06. The predicted molar refractivity (Wildman–Crippen MR) is 47.3 cm³/mol. The standard InChI is InChI=1S/C5H5N7OS/c6-3(11-13)4-7-1-12(10-4)5-9-8-2-14-5/h1-2,13H,(H2,6,11). The molecule has 8 nitrogen and oxygen atoms in total. The second-order valence-electron chi connectivity index (χ2n) is 2.22. The van der Waals surface area contributed by atoms with Gasteiger partial charge in [0.2, 0.25) is 16.8 Å². The van der Waals surface area contributed by atoms with E-state index in [1.54, 1.807) is 5.51 Å². The van der Waals surface area contributed by atoms with Crippen molar-refractivity contribution < 1.29 is 5.21 Å². The highest BCUT2D eigenvalue weighted by atomic mass is 32.1. The zero-order valence-electron chi connectivity index (χ0n) is 6.77. The molecule has 0 bridgehead atoms. The summed E-state index contributed by atoms with van der Waals surface area (Å²) in [5, 5.41) is 23.1. The molecule has 0 atom stereocenters. The third-order valence-corrected chi connectivity index (χ3v) is 2.05. The molecule has 0 saturated heterocycles. The van der Waals surface area contributed by atoms with Gasteiger partial charge in [0.05, 0.1) is 0 Å². The minimum absolute atomic E-state index is 0.141. The molecule has 0 spiro atoms. The zero-order valence-corrected chi connectivity index (χ0v) is 7.59. The molecular formula is C5H5N7OS. The highest BCUT2D eigenvalue weighted by Gasteiger charge is 2.08. The van der Waals surface area contributed by atoms with Crippen molar-refractivity contribution in [2.45, 2.75) is 0 Å². The van der Waals surface area contributed by atoms with Crippen LogP contribution in [-0.4, -0.2) is 36.0 Å². The number of oxime groups is 1. The Labute approximate surface area is 81.7 Å². The van der Waals surface area contributed by atoms with Crippen molar-refractivity contribution in [1.82, 2.24) is 25.0 Å². The molecule has 0 radical (unpaired) electrons. The SMILES string of the molecule is NC(=NO)c1ncn(-c2nncs2)n1. The number of nitrogens with two attached hydrogens (primary N) is 1. The van der Waals surface area contributed by atoms with E-state index >= 15 is 0 Å². The van der Waals surface area contributed by atoms with Gasteiger partial charge in [-0.25, -0.2) is 4.98 Å². The quantitative estimate of drug-likeness (QED) is 0.291. The average Bonchev–Trinajstić information content (AvgIpc) is 2.86. The molecule has 0 aliphatic carbocycles. The van der Waals surface area contributed by atoms with Gasteiger partial charge in [0.15, 0.2) is 0 Å². The largest absolute Gasteiger partial charge is 0.409 e. The minimum Gasteiger partial charge on any atom is -0.409 e. The van der Waals surface area contributed by atoms with Gasteiger partial charge in [-0.1, -0.05) is 16.5 Å². The minimum atomic E-state index is -0.145. The molecule has 14 heavy (non-hydrogen) atoms. The van der Waals surface area contributed by atoms with E-state index < -0.39 is 0 Å². The third kappa shape index (κ3) is 1.40. The fourth-order valence-electron chi connectivity index (χ4n) is 0.784. The van der Waals surface area contributed by atoms with Gasteiger partial charge >= 0.3 is 0 Å². The van der Waals surface area contributed by atoms with Gasteiger partial charge in [-0.15, -0.1) is 15.3 Å². The molecule has 2 aromatic heterocycles. The summed E-state index contributed by atoms with van der Waals surface area (Å²) in [6.07, 6.45) is 1.41. The fraction of sp³-hybridized carbons (Fsp3) is 0. The van der Waals surface area contributed by atoms with Crippen LogP contribution in [-0.2, 0) is 0 Å². The highest BCUT2D eigenvalue weighted by molar-refractivity contribution is 7.11. The van der Waals surface area contributed by atoms with E-state index in [9.17, 15) is 0 Å². The van der Waals surface area contributed by atoms with E-state index in [0.717, 1.165) is 0 Å². The molecule has 72 valence electrons. The number of amidine groups is 1. The lowest BCUT2D eigenvalue weighted by molar-refractivity contribution is 0.318. The maximum Gasteiger partial charge on any atom is 0.234 e. The molecule has 0 amide bonds. The summed E-state index contributed by atoms with van der Waals surface area (Å²) < 4.78 is 1.39. The molecule has 0 aromatic carbocycles. The Bertz CT molecular complexity index is 446. The second-order valence-corrected chi connectivity index (χ2v) is 3.03. The first-order valence-electron chi connectivity index (χ1n) is 3.47. The van der Waals surface area contributed by atoms with E-state index in [2.05, 4.69) is 25.4 Å². The molecule has 9 heteroatoms. The van der Waals surface area contributed by atoms with E-state index in [4.69, 9.17) is 10.9 Å². The average molecular weight is 211 g/mol. The van der Waals surface area contributed by atoms with Crippen molar-refractivity contribution in [3.63, 3.8) is 0 Å². The summed E-state index contributed by atoms with van der Waals surface area (Å²) in [6.45, 7) is 0. The molecular weight excluding hydrogens is 206 g/mol. The third-order valence-electron chi connectivity index (χ3n) is 1.37. The lowest BCUT2D eigenvalue weighted by atomic mass is 10.6. The van der Waals surface area contributed by atoms with Gasteiger partial charge in [-0.05, 0) is 0 Å². The molecule has 0 unspecified atom stereocenters. The van der Waals surface area contributed by atoms with Gasteiger partial charge in [0.1, 0.15) is 11.8 Å². The van der Waals surface area contributed by atoms with Crippen molar-refractivity contribution in [3.8, 4) is 5.13 Å². The van der Waals surface area contributed by atoms with Gasteiger partial charge in [0, 0.05) is 0 Å². The van der Waals surface area contributed by atoms with E-state index in [0.29, 0.717) is 5.13 Å². The molecule has 2 heterocycles. The Morgan fingerprint density at radius 1 is 1.64 bits per heavy atom. The first kappa shape index (κ1) is 8.56. The van der Waals surface area contributed by atoms with Gasteiger partial charge in [-0.3, -0.25) is 0 Å². The zero-order chi connectivity index (χ0) is 9.97. The van der Waals surface area contributed by atoms with Crippen molar-refractivity contribution in [3.05, 3.63) is 17.7 Å². The summed E-state index contributed by atoms with van der Waals surface area (Å²) in [5.41, 5.74) is 6.86. The van der Waals surface area contributed by atoms with E-state index in [1.807, 2.05) is 0 Å². The first-order valence-corrected chi connectivity index (χ1v) is 4.35. The second kappa shape index (κ2) is 3.38. The molecule has 0 fully saturated rings. The van der Waals surface area contributed by atoms with Crippen LogP contribution in [0.3, 0.4) is 0 Å². The monoisotopic (exact) mass is 211 g/mol. The van der Waals surface area contributed by atoms with Gasteiger partial charge in [-0.2, -0.15) is 4.68 Å². The van der Waals surface area contributed by atoms with E-state index in [1.165, 1.54) is 22.3 Å². The van der Waals surface area contributed by atoms with Crippen LogP contribution in [0.25, 0.3) is 5.13 Å². The molecule has 3 N–H and O–H groups in total. The number of rotatable bonds is 2. The van der Waals surface area contributed by atoms with Crippen LogP contribution in [0, 0.1) is 0 Å². The van der Waals surface area contributed by atoms with Gasteiger partial charge in [0.25, 0.3) is 0 Å². The number of aromatic nitrogens is 5. The van der Waals surface area contributed by atoms with Crippen LogP contribution < -0.4 is 5.73 Å². The summed E-state index contributed by atoms with van der Waals surface area (Å²) >= 11 is 1.30. The Hall–Kier alpha value is -2.03. The summed E-state index contributed by atoms with van der Waals surface area (Å²) in [5.74, 6) is -0.00374. The Kier molecular flexibility index (Phi) is 2.07. The fourth-order valence-corrected chi connectivity index (χ4v) is 1.26. The molecule has 0 aliphatic heterocycles. The number of nitrogens with zero attached hydrogens (tertiary/aromatic N) is 6. The Balaban J connectivity index is 2.36. The van der Waals surface area contributed by atoms with E-state index in [-0.39, 0.29) is 11.7 Å². The Morgan fingerprint density at radius 3 is 3.14 bits per heavy atom. The molecule has 2 rings (SSSR count). The molecule has 2 aromatic rings. The topological polar surface area (TPSA) is 115 Å². The Morgan fingerprint density at radius 2 is 2.50 bits per heavy atom. The first-order chi connectivity index (χ1) is 6.81. The maximum absolute atomic E-state index is 8.38. The summed E-state index contributed by atoms with van der Waals surface area (Å²) in [6, 6.07) is 0. The van der Waals surface area contributed by atoms with Crippen LogP contribution in [0.15, 0.2) is 17.0 Å². The number of hydrogen-bond acceptors (Lipinski definition) is 7. The van der Waals surface area contributed by atoms with Crippen LogP contribution in [0.1, 0.15) is 5.82 Å². The lowest BCUT2D eigenvalue weighted by Crippen LogP contribution is -2.15. The summed E-state index contributed by atoms with van der Waals surface area (Å²) in [7, 11) is 0.